The minimum Gasteiger partial charge on any atom is -0.492 e. The highest BCUT2D eigenvalue weighted by molar-refractivity contribution is 5.91. The van der Waals surface area contributed by atoms with E-state index >= 15 is 0 Å². The van der Waals surface area contributed by atoms with Crippen LogP contribution in [0, 0.1) is 5.82 Å². The maximum absolute atomic E-state index is 13.3. The summed E-state index contributed by atoms with van der Waals surface area (Å²) in [6, 6.07) is 6.47. The number of anilines is 1. The highest BCUT2D eigenvalue weighted by Gasteiger charge is 2.17. The van der Waals surface area contributed by atoms with Gasteiger partial charge < -0.3 is 24.9 Å². The zero-order valence-corrected chi connectivity index (χ0v) is 13.6. The molecule has 0 spiro atoms. The summed E-state index contributed by atoms with van der Waals surface area (Å²) >= 11 is 0. The van der Waals surface area contributed by atoms with E-state index < -0.39 is 18.0 Å². The van der Waals surface area contributed by atoms with Crippen molar-refractivity contribution in [2.45, 2.75) is 32.4 Å². The normalized spacial score (nSPS) is 13.2. The van der Waals surface area contributed by atoms with Crippen LogP contribution in [-0.2, 0) is 0 Å². The number of nitrogens with one attached hydrogen (secondary N) is 2. The van der Waals surface area contributed by atoms with Gasteiger partial charge in [0.2, 0.25) is 0 Å². The minimum atomic E-state index is -0.805. The lowest BCUT2D eigenvalue weighted by Crippen LogP contribution is -2.37. The highest BCUT2D eigenvalue weighted by Crippen LogP contribution is 2.25. The number of aliphatic hydroxyl groups excluding tert-OH is 1. The SMILES string of the molecule is CCOc1cc(F)ccc1NC(=O)N[C@H](C)C[C@@H](O)c1ccco1. The van der Waals surface area contributed by atoms with Crippen LogP contribution in [0.15, 0.2) is 41.0 Å². The molecule has 0 radical (unpaired) electrons. The standard InChI is InChI=1S/C17H21FN2O4/c1-3-23-16-10-12(18)6-7-13(16)20-17(22)19-11(2)9-14(21)15-5-4-8-24-15/h4-8,10-11,14,21H,3,9H2,1-2H3,(H2,19,20,22)/t11-,14-/m1/s1. The minimum absolute atomic E-state index is 0.260. The van der Waals surface area contributed by atoms with Crippen LogP contribution in [0.3, 0.4) is 0 Å². The smallest absolute Gasteiger partial charge is 0.319 e. The van der Waals surface area contributed by atoms with E-state index in [2.05, 4.69) is 10.6 Å². The van der Waals surface area contributed by atoms with E-state index in [0.29, 0.717) is 24.5 Å². The first kappa shape index (κ1) is 17.8. The molecule has 0 unspecified atom stereocenters. The summed E-state index contributed by atoms with van der Waals surface area (Å²) < 4.78 is 23.7. The highest BCUT2D eigenvalue weighted by atomic mass is 19.1. The first-order valence-corrected chi connectivity index (χ1v) is 7.71. The first-order valence-electron chi connectivity index (χ1n) is 7.71. The summed E-state index contributed by atoms with van der Waals surface area (Å²) in [5.74, 6) is 0.261. The van der Waals surface area contributed by atoms with Crippen LogP contribution >= 0.6 is 0 Å². The first-order chi connectivity index (χ1) is 11.5. The van der Waals surface area contributed by atoms with Gasteiger partial charge in [0, 0.05) is 18.5 Å². The van der Waals surface area contributed by atoms with Gasteiger partial charge in [0.25, 0.3) is 0 Å². The Morgan fingerprint density at radius 1 is 1.42 bits per heavy atom. The summed E-state index contributed by atoms with van der Waals surface area (Å²) in [6.07, 6.45) is 0.968. The molecule has 0 aliphatic carbocycles. The number of urea groups is 1. The van der Waals surface area contributed by atoms with Crippen molar-refractivity contribution >= 4 is 11.7 Å². The molecule has 7 heteroatoms. The Bertz CT molecular complexity index is 661. The number of halogens is 1. The fourth-order valence-corrected chi connectivity index (χ4v) is 2.25. The van der Waals surface area contributed by atoms with Crippen LogP contribution in [0.2, 0.25) is 0 Å². The molecule has 0 saturated carbocycles. The third-order valence-corrected chi connectivity index (χ3v) is 3.32. The third kappa shape index (κ3) is 4.99. The lowest BCUT2D eigenvalue weighted by molar-refractivity contribution is 0.130. The molecule has 2 aromatic rings. The number of carbonyl (C=O) groups is 1. The lowest BCUT2D eigenvalue weighted by Gasteiger charge is -2.18. The quantitative estimate of drug-likeness (QED) is 0.723. The molecule has 24 heavy (non-hydrogen) atoms. The monoisotopic (exact) mass is 336 g/mol. The van der Waals surface area contributed by atoms with Gasteiger partial charge in [-0.2, -0.15) is 0 Å². The van der Waals surface area contributed by atoms with Crippen molar-refractivity contribution in [3.63, 3.8) is 0 Å². The molecule has 0 bridgehead atoms. The van der Waals surface area contributed by atoms with Crippen LogP contribution in [-0.4, -0.2) is 23.8 Å². The molecule has 6 nitrogen and oxygen atoms in total. The number of hydrogen-bond acceptors (Lipinski definition) is 4. The number of aliphatic hydroxyl groups is 1. The van der Waals surface area contributed by atoms with Gasteiger partial charge in [-0.15, -0.1) is 0 Å². The Hall–Kier alpha value is -2.54. The molecule has 2 rings (SSSR count). The zero-order valence-electron chi connectivity index (χ0n) is 13.6. The van der Waals surface area contributed by atoms with Crippen molar-refractivity contribution in [1.29, 1.82) is 0 Å². The van der Waals surface area contributed by atoms with Gasteiger partial charge in [-0.25, -0.2) is 9.18 Å². The van der Waals surface area contributed by atoms with Crippen molar-refractivity contribution in [2.24, 2.45) is 0 Å². The fourth-order valence-electron chi connectivity index (χ4n) is 2.25. The molecule has 0 saturated heterocycles. The average Bonchev–Trinajstić information content (AvgIpc) is 3.04. The number of benzene rings is 1. The third-order valence-electron chi connectivity index (χ3n) is 3.32. The van der Waals surface area contributed by atoms with Crippen molar-refractivity contribution in [3.8, 4) is 5.75 Å². The van der Waals surface area contributed by atoms with E-state index in [1.807, 2.05) is 0 Å². The Kier molecular flexibility index (Phi) is 6.20. The van der Waals surface area contributed by atoms with Crippen molar-refractivity contribution in [3.05, 3.63) is 48.2 Å². The van der Waals surface area contributed by atoms with Crippen LogP contribution in [0.25, 0.3) is 0 Å². The van der Waals surface area contributed by atoms with Gasteiger partial charge in [0.05, 0.1) is 18.6 Å². The van der Waals surface area contributed by atoms with Gasteiger partial charge in [0.1, 0.15) is 23.4 Å². The molecule has 2 atom stereocenters. The number of carbonyl (C=O) groups excluding carboxylic acids is 1. The summed E-state index contributed by atoms with van der Waals surface area (Å²) in [4.78, 5) is 12.1. The van der Waals surface area contributed by atoms with E-state index in [9.17, 15) is 14.3 Å². The van der Waals surface area contributed by atoms with E-state index in [0.717, 1.165) is 0 Å². The van der Waals surface area contributed by atoms with Crippen LogP contribution < -0.4 is 15.4 Å². The van der Waals surface area contributed by atoms with Gasteiger partial charge >= 0.3 is 6.03 Å². The van der Waals surface area contributed by atoms with Gasteiger partial charge in [-0.1, -0.05) is 0 Å². The van der Waals surface area contributed by atoms with E-state index in [-0.39, 0.29) is 11.8 Å². The molecule has 1 aromatic carbocycles. The van der Waals surface area contributed by atoms with Gasteiger partial charge in [-0.3, -0.25) is 0 Å². The predicted molar refractivity (Wildman–Crippen MR) is 87.5 cm³/mol. The number of ether oxygens (including phenoxy) is 1. The summed E-state index contributed by atoms with van der Waals surface area (Å²) in [5, 5.41) is 15.3. The Balaban J connectivity index is 1.90. The number of hydrogen-bond donors (Lipinski definition) is 3. The average molecular weight is 336 g/mol. The summed E-state index contributed by atoms with van der Waals surface area (Å²) in [6.45, 7) is 3.89. The number of amides is 2. The van der Waals surface area contributed by atoms with E-state index in [4.69, 9.17) is 9.15 Å². The molecular formula is C17H21FN2O4. The second-order valence-corrected chi connectivity index (χ2v) is 5.34. The van der Waals surface area contributed by atoms with Gasteiger partial charge in [0.15, 0.2) is 0 Å². The van der Waals surface area contributed by atoms with Crippen LogP contribution in [0.4, 0.5) is 14.9 Å². The molecular weight excluding hydrogens is 315 g/mol. The molecule has 0 fully saturated rings. The maximum Gasteiger partial charge on any atom is 0.319 e. The second kappa shape index (κ2) is 8.35. The second-order valence-electron chi connectivity index (χ2n) is 5.34. The van der Waals surface area contributed by atoms with Crippen LogP contribution in [0.5, 0.6) is 5.75 Å². The maximum atomic E-state index is 13.3. The topological polar surface area (TPSA) is 83.7 Å². The number of rotatable bonds is 7. The molecule has 1 aromatic heterocycles. The molecule has 2 amide bonds. The largest absolute Gasteiger partial charge is 0.492 e. The molecule has 130 valence electrons. The molecule has 1 heterocycles. The predicted octanol–water partition coefficient (Wildman–Crippen LogP) is 3.45. The summed E-state index contributed by atoms with van der Waals surface area (Å²) in [5.41, 5.74) is 0.370. The summed E-state index contributed by atoms with van der Waals surface area (Å²) in [7, 11) is 0. The van der Waals surface area contributed by atoms with Crippen molar-refractivity contribution in [2.75, 3.05) is 11.9 Å². The van der Waals surface area contributed by atoms with Crippen LogP contribution in [0.1, 0.15) is 32.1 Å². The Morgan fingerprint density at radius 3 is 2.88 bits per heavy atom. The molecule has 3 N–H and O–H groups in total. The van der Waals surface area contributed by atoms with Crippen molar-refractivity contribution in [1.82, 2.24) is 5.32 Å². The molecule has 0 aliphatic heterocycles. The zero-order chi connectivity index (χ0) is 17.5. The van der Waals surface area contributed by atoms with E-state index in [1.54, 1.807) is 26.0 Å². The fraction of sp³-hybridized carbons (Fsp3) is 0.353. The Morgan fingerprint density at radius 2 is 2.21 bits per heavy atom. The molecule has 0 aliphatic rings. The van der Waals surface area contributed by atoms with E-state index in [1.165, 1.54) is 24.5 Å². The van der Waals surface area contributed by atoms with Crippen molar-refractivity contribution < 1.29 is 23.4 Å². The Labute approximate surface area is 139 Å². The lowest BCUT2D eigenvalue weighted by atomic mass is 10.1. The van der Waals surface area contributed by atoms with Gasteiger partial charge in [-0.05, 0) is 38.1 Å². The number of furan rings is 1.